The van der Waals surface area contributed by atoms with Crippen LogP contribution in [0.3, 0.4) is 0 Å². The fraction of sp³-hybridized carbons (Fsp3) is 0.340. The van der Waals surface area contributed by atoms with Crippen molar-refractivity contribution in [3.8, 4) is 0 Å². The topological polar surface area (TPSA) is 199 Å². The summed E-state index contributed by atoms with van der Waals surface area (Å²) in [5, 5.41) is 5.87. The van der Waals surface area contributed by atoms with Crippen LogP contribution in [0.15, 0.2) is 121 Å². The Bertz CT molecular complexity index is 2020. The number of amides is 2. The van der Waals surface area contributed by atoms with Crippen LogP contribution in [0.1, 0.15) is 54.3 Å². The summed E-state index contributed by atoms with van der Waals surface area (Å²) in [7, 11) is 2.45. The van der Waals surface area contributed by atoms with Gasteiger partial charge in [0.1, 0.15) is 0 Å². The molecule has 2 saturated carbocycles. The highest BCUT2D eigenvalue weighted by molar-refractivity contribution is 5.91. The van der Waals surface area contributed by atoms with Gasteiger partial charge in [0.25, 0.3) is 0 Å². The van der Waals surface area contributed by atoms with Crippen LogP contribution in [0.2, 0.25) is 0 Å². The zero-order valence-electron chi connectivity index (χ0n) is 34.2. The van der Waals surface area contributed by atoms with Crippen molar-refractivity contribution in [2.75, 3.05) is 40.6 Å². The fourth-order valence-electron chi connectivity index (χ4n) is 8.27. The third kappa shape index (κ3) is 11.2. The van der Waals surface area contributed by atoms with Crippen molar-refractivity contribution in [2.45, 2.75) is 24.9 Å². The second-order valence-electron chi connectivity index (χ2n) is 15.1. The van der Waals surface area contributed by atoms with Crippen LogP contribution in [0.25, 0.3) is 0 Å². The first-order chi connectivity index (χ1) is 30.1. The lowest BCUT2D eigenvalue weighted by Crippen LogP contribution is -2.50. The number of nitrogens with one attached hydrogen (secondary N) is 2. The summed E-state index contributed by atoms with van der Waals surface area (Å²) in [5.74, 6) is -8.53. The first kappa shape index (κ1) is 44.5. The third-order valence-corrected chi connectivity index (χ3v) is 11.5. The fourth-order valence-corrected chi connectivity index (χ4v) is 8.27. The summed E-state index contributed by atoms with van der Waals surface area (Å²) >= 11 is 0. The van der Waals surface area contributed by atoms with Crippen LogP contribution in [0, 0.1) is 35.5 Å². The molecule has 0 spiro atoms. The van der Waals surface area contributed by atoms with E-state index < -0.39 is 89.4 Å². The van der Waals surface area contributed by atoms with E-state index in [1.807, 2.05) is 0 Å². The predicted octanol–water partition coefficient (Wildman–Crippen LogP) is 5.30. The van der Waals surface area contributed by atoms with Crippen molar-refractivity contribution >= 4 is 41.8 Å². The quantitative estimate of drug-likeness (QED) is 0.109. The van der Waals surface area contributed by atoms with Crippen LogP contribution in [0.5, 0.6) is 0 Å². The van der Waals surface area contributed by atoms with Gasteiger partial charge in [-0.2, -0.15) is 0 Å². The largest absolute Gasteiger partial charge is 0.469 e. The maximum absolute atomic E-state index is 14.1. The maximum Gasteiger partial charge on any atom is 0.338 e. The van der Waals surface area contributed by atoms with Gasteiger partial charge in [0.05, 0.1) is 74.7 Å². The standard InChI is InChI=1S/C47H48N2O13/c1-57-45(54)33-23-39(37(27-61-43(52)31-19-11-5-12-20-31)35(33)25-59-41(50)29-15-7-3-8-16-29)48-47(56)49-40-24-34(46(55)58-2)36(26-60-42(51)30-17-9-4-10-18-30)38(40)28-62-44(53)32-21-13-6-14-22-32/h3-22,33-40H,23-28H2,1-2H3,(H2,48,49,56)/t33-,34+,35+,36-,37-,38+,39+,40-. The minimum atomic E-state index is -0.877. The second kappa shape index (κ2) is 21.5. The second-order valence-corrected chi connectivity index (χ2v) is 15.1. The molecule has 0 aromatic heterocycles. The highest BCUT2D eigenvalue weighted by Gasteiger charge is 2.51. The van der Waals surface area contributed by atoms with Crippen molar-refractivity contribution in [2.24, 2.45) is 35.5 Å². The Hall–Kier alpha value is -7.03. The molecule has 2 aliphatic rings. The van der Waals surface area contributed by atoms with Gasteiger partial charge in [0, 0.05) is 35.8 Å². The van der Waals surface area contributed by atoms with Crippen molar-refractivity contribution in [1.29, 1.82) is 0 Å². The molecule has 2 amide bonds. The van der Waals surface area contributed by atoms with Gasteiger partial charge in [0.2, 0.25) is 0 Å². The third-order valence-electron chi connectivity index (χ3n) is 11.5. The minimum Gasteiger partial charge on any atom is -0.469 e. The number of carbonyl (C=O) groups is 7. The molecular formula is C47H48N2O13. The molecule has 2 aliphatic carbocycles. The van der Waals surface area contributed by atoms with Crippen molar-refractivity contribution < 1.29 is 62.0 Å². The Kier molecular flexibility index (Phi) is 15.4. The molecule has 324 valence electrons. The summed E-state index contributed by atoms with van der Waals surface area (Å²) in [5.41, 5.74) is 1.16. The van der Waals surface area contributed by atoms with Crippen molar-refractivity contribution in [3.63, 3.8) is 0 Å². The Morgan fingerprint density at radius 3 is 0.935 bits per heavy atom. The van der Waals surface area contributed by atoms with E-state index in [9.17, 15) is 33.6 Å². The smallest absolute Gasteiger partial charge is 0.338 e. The molecule has 4 aromatic rings. The molecule has 6 rings (SSSR count). The molecule has 0 bridgehead atoms. The SMILES string of the molecule is COC(=O)[C@H]1C[C@@H](NC(=O)N[C@H]2C[C@@H](C(=O)OC)[C@H](COC(=O)c3ccccc3)[C@H]2COC(=O)c2ccccc2)[C@@H](COC(=O)c2ccccc2)[C@@H]1COC(=O)c1ccccc1. The Labute approximate surface area is 358 Å². The molecule has 0 heterocycles. The molecular weight excluding hydrogens is 801 g/mol. The highest BCUT2D eigenvalue weighted by Crippen LogP contribution is 2.41. The van der Waals surface area contributed by atoms with Gasteiger partial charge in [-0.15, -0.1) is 0 Å². The lowest BCUT2D eigenvalue weighted by atomic mass is 9.89. The first-order valence-corrected chi connectivity index (χ1v) is 20.2. The average molecular weight is 849 g/mol. The first-order valence-electron chi connectivity index (χ1n) is 20.2. The summed E-state index contributed by atoms with van der Waals surface area (Å²) < 4.78 is 33.2. The Morgan fingerprint density at radius 2 is 0.677 bits per heavy atom. The van der Waals surface area contributed by atoms with E-state index in [4.69, 9.17) is 28.4 Å². The normalized spacial score (nSPS) is 22.6. The van der Waals surface area contributed by atoms with Gasteiger partial charge in [-0.25, -0.2) is 24.0 Å². The Morgan fingerprint density at radius 1 is 0.419 bits per heavy atom. The summed E-state index contributed by atoms with van der Waals surface area (Å²) in [6.45, 7) is -1.05. The van der Waals surface area contributed by atoms with Gasteiger partial charge in [-0.05, 0) is 61.4 Å². The van der Waals surface area contributed by atoms with Gasteiger partial charge < -0.3 is 39.1 Å². The molecule has 2 fully saturated rings. The summed E-state index contributed by atoms with van der Waals surface area (Å²) in [6, 6.07) is 30.8. The van der Waals surface area contributed by atoms with Crippen LogP contribution < -0.4 is 10.6 Å². The molecule has 8 atom stereocenters. The van der Waals surface area contributed by atoms with E-state index in [1.54, 1.807) is 121 Å². The number of benzene rings is 4. The Balaban J connectivity index is 1.23. The number of carbonyl (C=O) groups excluding carboxylic acids is 7. The molecule has 0 radical (unpaired) electrons. The van der Waals surface area contributed by atoms with E-state index in [0.717, 1.165) is 0 Å². The zero-order chi connectivity index (χ0) is 44.0. The molecule has 4 aromatic carbocycles. The molecule has 0 aliphatic heterocycles. The predicted molar refractivity (Wildman–Crippen MR) is 220 cm³/mol. The summed E-state index contributed by atoms with van der Waals surface area (Å²) in [4.78, 5) is 93.0. The molecule has 15 nitrogen and oxygen atoms in total. The van der Waals surface area contributed by atoms with Crippen molar-refractivity contribution in [3.05, 3.63) is 144 Å². The van der Waals surface area contributed by atoms with Gasteiger partial charge in [0.15, 0.2) is 0 Å². The van der Waals surface area contributed by atoms with Gasteiger partial charge in [-0.1, -0.05) is 72.8 Å². The van der Waals surface area contributed by atoms with Crippen LogP contribution in [-0.4, -0.2) is 94.6 Å². The number of esters is 6. The number of rotatable bonds is 16. The van der Waals surface area contributed by atoms with E-state index >= 15 is 0 Å². The van der Waals surface area contributed by atoms with Gasteiger partial charge >= 0.3 is 41.8 Å². The lowest BCUT2D eigenvalue weighted by molar-refractivity contribution is -0.148. The van der Waals surface area contributed by atoms with E-state index in [2.05, 4.69) is 10.6 Å². The molecule has 15 heteroatoms. The molecule has 2 N–H and O–H groups in total. The van der Waals surface area contributed by atoms with Crippen LogP contribution >= 0.6 is 0 Å². The van der Waals surface area contributed by atoms with Crippen LogP contribution in [-0.2, 0) is 38.0 Å². The number of hydrogen-bond acceptors (Lipinski definition) is 13. The minimum absolute atomic E-state index is 0.0346. The van der Waals surface area contributed by atoms with Gasteiger partial charge in [-0.3, -0.25) is 9.59 Å². The molecule has 0 saturated heterocycles. The maximum atomic E-state index is 14.1. The zero-order valence-corrected chi connectivity index (χ0v) is 34.2. The number of ether oxygens (including phenoxy) is 6. The number of urea groups is 1. The molecule has 0 unspecified atom stereocenters. The monoisotopic (exact) mass is 848 g/mol. The number of hydrogen-bond donors (Lipinski definition) is 2. The number of methoxy groups -OCH3 is 2. The lowest BCUT2D eigenvalue weighted by Gasteiger charge is -2.28. The highest BCUT2D eigenvalue weighted by atomic mass is 16.6. The van der Waals surface area contributed by atoms with E-state index in [0.29, 0.717) is 11.1 Å². The summed E-state index contributed by atoms with van der Waals surface area (Å²) in [6.07, 6.45) is 0.0691. The average Bonchev–Trinajstić information content (AvgIpc) is 3.84. The van der Waals surface area contributed by atoms with E-state index in [-0.39, 0.29) is 50.4 Å². The van der Waals surface area contributed by atoms with Crippen molar-refractivity contribution in [1.82, 2.24) is 10.6 Å². The van der Waals surface area contributed by atoms with Crippen LogP contribution in [0.4, 0.5) is 4.79 Å². The van der Waals surface area contributed by atoms with E-state index in [1.165, 1.54) is 14.2 Å². The molecule has 62 heavy (non-hydrogen) atoms.